The van der Waals surface area contributed by atoms with E-state index in [1.807, 2.05) is 13.8 Å². The van der Waals surface area contributed by atoms with E-state index in [1.54, 1.807) is 6.08 Å². The van der Waals surface area contributed by atoms with Gasteiger partial charge in [-0.3, -0.25) is 0 Å². The zero-order valence-electron chi connectivity index (χ0n) is 23.4. The van der Waals surface area contributed by atoms with E-state index in [4.69, 9.17) is 23.1 Å². The SMILES string of the molecule is CC[Si](CC)(CC)O[C@@H](C[C@@H](O[Si](CC)(CC)CC)C1(CO)COC(C)(C)CO1)C1=CC(=O)OC1. The van der Waals surface area contributed by atoms with Gasteiger partial charge in [0.25, 0.3) is 0 Å². The van der Waals surface area contributed by atoms with Gasteiger partial charge in [0.05, 0.1) is 37.6 Å². The summed E-state index contributed by atoms with van der Waals surface area (Å²) in [4.78, 5) is 12.0. The van der Waals surface area contributed by atoms with Gasteiger partial charge in [-0.1, -0.05) is 41.5 Å². The number of aliphatic hydroxyl groups is 1. The first-order valence-corrected chi connectivity index (χ1v) is 18.7. The fraction of sp³-hybridized carbons (Fsp3) is 0.885. The minimum absolute atomic E-state index is 0.200. The second-order valence-corrected chi connectivity index (χ2v) is 20.3. The van der Waals surface area contributed by atoms with E-state index in [2.05, 4.69) is 41.5 Å². The Balaban J connectivity index is 2.50. The molecule has 0 aromatic rings. The Morgan fingerprint density at radius 3 is 1.86 bits per heavy atom. The molecule has 204 valence electrons. The van der Waals surface area contributed by atoms with Crippen molar-refractivity contribution in [2.24, 2.45) is 0 Å². The van der Waals surface area contributed by atoms with E-state index in [0.29, 0.717) is 13.0 Å². The standard InChI is InChI=1S/C26H50O7Si2/c1-9-34(10-2,11-3)32-22(21-15-24(28)29-17-21)16-23(33-35(12-4,13-5)14-6)26(18-27)20-30-25(7,8)19-31-26/h15,22-23,27H,9-14,16-20H2,1-8H3/t22-,23+,26?/m0/s1. The van der Waals surface area contributed by atoms with Gasteiger partial charge in [0, 0.05) is 18.1 Å². The fourth-order valence-corrected chi connectivity index (χ4v) is 10.9. The molecule has 0 radical (unpaired) electrons. The van der Waals surface area contributed by atoms with E-state index >= 15 is 0 Å². The molecular formula is C26H50O7Si2. The van der Waals surface area contributed by atoms with Gasteiger partial charge in [-0.25, -0.2) is 4.79 Å². The summed E-state index contributed by atoms with van der Waals surface area (Å²) < 4.78 is 32.0. The maximum absolute atomic E-state index is 12.0. The second-order valence-electron chi connectivity index (χ2n) is 10.8. The Morgan fingerprint density at radius 1 is 0.914 bits per heavy atom. The molecule has 35 heavy (non-hydrogen) atoms. The minimum atomic E-state index is -2.08. The minimum Gasteiger partial charge on any atom is -0.458 e. The number of esters is 1. The van der Waals surface area contributed by atoms with Gasteiger partial charge in [0.1, 0.15) is 12.2 Å². The quantitative estimate of drug-likeness (QED) is 0.230. The summed E-state index contributed by atoms with van der Waals surface area (Å²) in [6, 6.07) is 5.95. The second kappa shape index (κ2) is 12.8. The molecule has 0 aromatic heterocycles. The predicted octanol–water partition coefficient (Wildman–Crippen LogP) is 5.20. The smallest absolute Gasteiger partial charge is 0.331 e. The Bertz CT molecular complexity index is 690. The summed E-state index contributed by atoms with van der Waals surface area (Å²) in [5.74, 6) is -0.321. The molecular weight excluding hydrogens is 480 g/mol. The Kier molecular flexibility index (Phi) is 11.2. The Labute approximate surface area is 215 Å². The van der Waals surface area contributed by atoms with Crippen LogP contribution in [0.4, 0.5) is 0 Å². The van der Waals surface area contributed by atoms with Crippen LogP contribution in [0.2, 0.25) is 36.3 Å². The highest BCUT2D eigenvalue weighted by Gasteiger charge is 2.51. The van der Waals surface area contributed by atoms with Crippen LogP contribution in [-0.4, -0.2) is 77.5 Å². The normalized spacial score (nSPS) is 24.7. The molecule has 2 aliphatic heterocycles. The molecule has 2 heterocycles. The van der Waals surface area contributed by atoms with Crippen LogP contribution in [0.25, 0.3) is 0 Å². The van der Waals surface area contributed by atoms with Crippen LogP contribution in [0.5, 0.6) is 0 Å². The van der Waals surface area contributed by atoms with Crippen LogP contribution in [0, 0.1) is 0 Å². The van der Waals surface area contributed by atoms with Crippen molar-refractivity contribution in [2.75, 3.05) is 26.4 Å². The van der Waals surface area contributed by atoms with Crippen LogP contribution < -0.4 is 0 Å². The highest BCUT2D eigenvalue weighted by molar-refractivity contribution is 6.74. The van der Waals surface area contributed by atoms with Crippen LogP contribution in [-0.2, 0) is 27.9 Å². The lowest BCUT2D eigenvalue weighted by atomic mass is 9.90. The predicted molar refractivity (Wildman–Crippen MR) is 144 cm³/mol. The van der Waals surface area contributed by atoms with Crippen LogP contribution in [0.3, 0.4) is 0 Å². The first-order chi connectivity index (χ1) is 16.5. The lowest BCUT2D eigenvalue weighted by Crippen LogP contribution is -2.63. The van der Waals surface area contributed by atoms with Crippen molar-refractivity contribution in [3.05, 3.63) is 11.6 Å². The largest absolute Gasteiger partial charge is 0.458 e. The summed E-state index contributed by atoms with van der Waals surface area (Å²) in [5.41, 5.74) is -0.539. The van der Waals surface area contributed by atoms with Crippen molar-refractivity contribution in [3.63, 3.8) is 0 Å². The molecule has 7 nitrogen and oxygen atoms in total. The summed E-state index contributed by atoms with van der Waals surface area (Å²) in [7, 11) is -4.09. The van der Waals surface area contributed by atoms with Crippen molar-refractivity contribution < 1.29 is 33.0 Å². The molecule has 0 bridgehead atoms. The van der Waals surface area contributed by atoms with Gasteiger partial charge in [-0.05, 0) is 50.1 Å². The van der Waals surface area contributed by atoms with Gasteiger partial charge in [0.15, 0.2) is 16.6 Å². The fourth-order valence-electron chi connectivity index (χ4n) is 5.12. The summed E-state index contributed by atoms with van der Waals surface area (Å²) in [5, 5.41) is 10.7. The molecule has 1 N–H and O–H groups in total. The van der Waals surface area contributed by atoms with Gasteiger partial charge >= 0.3 is 5.97 Å². The van der Waals surface area contributed by atoms with E-state index in [0.717, 1.165) is 41.8 Å². The molecule has 0 aromatic carbocycles. The first-order valence-electron chi connectivity index (χ1n) is 13.6. The van der Waals surface area contributed by atoms with Crippen molar-refractivity contribution in [3.8, 4) is 0 Å². The lowest BCUT2D eigenvalue weighted by molar-refractivity contribution is -0.263. The zero-order chi connectivity index (χ0) is 26.3. The van der Waals surface area contributed by atoms with Crippen molar-refractivity contribution in [1.82, 2.24) is 0 Å². The molecule has 1 fully saturated rings. The molecule has 3 atom stereocenters. The maximum atomic E-state index is 12.0. The van der Waals surface area contributed by atoms with Gasteiger partial charge < -0.3 is 28.2 Å². The third kappa shape index (κ3) is 7.27. The third-order valence-corrected chi connectivity index (χ3v) is 17.7. The average molecular weight is 531 g/mol. The van der Waals surface area contributed by atoms with Crippen LogP contribution in [0.15, 0.2) is 11.6 Å². The number of hydrogen-bond donors (Lipinski definition) is 1. The van der Waals surface area contributed by atoms with Crippen molar-refractivity contribution >= 4 is 22.6 Å². The highest BCUT2D eigenvalue weighted by atomic mass is 28.4. The Hall–Kier alpha value is -0.556. The summed E-state index contributed by atoms with van der Waals surface area (Å²) in [6.45, 7) is 17.9. The first kappa shape index (κ1) is 30.7. The molecule has 2 aliphatic rings. The highest BCUT2D eigenvalue weighted by Crippen LogP contribution is 2.38. The maximum Gasteiger partial charge on any atom is 0.331 e. The molecule has 0 spiro atoms. The van der Waals surface area contributed by atoms with Crippen molar-refractivity contribution in [2.45, 2.75) is 121 Å². The van der Waals surface area contributed by atoms with Gasteiger partial charge in [0.2, 0.25) is 0 Å². The molecule has 0 amide bonds. The van der Waals surface area contributed by atoms with E-state index in [-0.39, 0.29) is 31.9 Å². The average Bonchev–Trinajstić information content (AvgIpc) is 3.31. The van der Waals surface area contributed by atoms with Crippen molar-refractivity contribution in [1.29, 1.82) is 0 Å². The number of carbonyl (C=O) groups excluding carboxylic acids is 1. The third-order valence-electron chi connectivity index (χ3n) is 8.45. The Morgan fingerprint density at radius 2 is 1.46 bits per heavy atom. The zero-order valence-corrected chi connectivity index (χ0v) is 25.4. The lowest BCUT2D eigenvalue weighted by Gasteiger charge is -2.49. The number of hydrogen-bond acceptors (Lipinski definition) is 7. The molecule has 1 unspecified atom stereocenters. The number of cyclic esters (lactones) is 1. The molecule has 9 heteroatoms. The number of ether oxygens (including phenoxy) is 3. The molecule has 1 saturated heterocycles. The topological polar surface area (TPSA) is 83.5 Å². The van der Waals surface area contributed by atoms with E-state index in [9.17, 15) is 9.90 Å². The monoisotopic (exact) mass is 530 g/mol. The van der Waals surface area contributed by atoms with Gasteiger partial charge in [-0.2, -0.15) is 0 Å². The molecule has 0 aliphatic carbocycles. The van der Waals surface area contributed by atoms with Crippen LogP contribution in [0.1, 0.15) is 61.8 Å². The van der Waals surface area contributed by atoms with E-state index in [1.165, 1.54) is 0 Å². The number of carbonyl (C=O) groups is 1. The summed E-state index contributed by atoms with van der Waals surface area (Å²) in [6.07, 6.45) is 1.33. The van der Waals surface area contributed by atoms with E-state index < -0.39 is 33.9 Å². The summed E-state index contributed by atoms with van der Waals surface area (Å²) >= 11 is 0. The number of aliphatic hydroxyl groups excluding tert-OH is 1. The van der Waals surface area contributed by atoms with Gasteiger partial charge in [-0.15, -0.1) is 0 Å². The molecule has 0 saturated carbocycles. The van der Waals surface area contributed by atoms with Crippen LogP contribution >= 0.6 is 0 Å². The number of rotatable bonds is 15. The molecule has 2 rings (SSSR count).